The number of hydrogen-bond donors (Lipinski definition) is 1. The summed E-state index contributed by atoms with van der Waals surface area (Å²) in [5.41, 5.74) is 0.742. The molecule has 0 aliphatic rings. The molecular weight excluding hydrogens is 366 g/mol. The maximum Gasteiger partial charge on any atom is 0.213 e. The van der Waals surface area contributed by atoms with E-state index in [4.69, 9.17) is 20.8 Å². The van der Waals surface area contributed by atoms with Crippen molar-refractivity contribution in [1.82, 2.24) is 10.3 Å². The molecule has 0 aliphatic carbocycles. The Kier molecular flexibility index (Phi) is 7.25. The van der Waals surface area contributed by atoms with E-state index in [1.165, 1.54) is 6.07 Å². The third-order valence-electron chi connectivity index (χ3n) is 3.33. The smallest absolute Gasteiger partial charge is 0.213 e. The molecule has 25 heavy (non-hydrogen) atoms. The highest BCUT2D eigenvalue weighted by molar-refractivity contribution is 6.31. The summed E-state index contributed by atoms with van der Waals surface area (Å²) in [4.78, 5) is 4.08. The molecule has 3 rings (SSSR count). The second-order valence-electron chi connectivity index (χ2n) is 5.09. The van der Waals surface area contributed by atoms with Gasteiger partial charge in [0.25, 0.3) is 0 Å². The number of nitrogens with one attached hydrogen (secondary N) is 1. The van der Waals surface area contributed by atoms with E-state index in [0.717, 1.165) is 11.3 Å². The van der Waals surface area contributed by atoms with Crippen molar-refractivity contribution in [3.05, 3.63) is 71.3 Å². The van der Waals surface area contributed by atoms with Crippen LogP contribution in [0.15, 0.2) is 59.1 Å². The quantitative estimate of drug-likeness (QED) is 0.600. The minimum absolute atomic E-state index is 0. The van der Waals surface area contributed by atoms with Crippen LogP contribution < -0.4 is 10.1 Å². The average molecular weight is 383 g/mol. The lowest BCUT2D eigenvalue weighted by atomic mass is 10.2. The molecule has 0 spiro atoms. The van der Waals surface area contributed by atoms with Crippen molar-refractivity contribution in [1.29, 1.82) is 0 Å². The molecule has 2 heterocycles. The van der Waals surface area contributed by atoms with E-state index >= 15 is 0 Å². The second-order valence-corrected chi connectivity index (χ2v) is 5.50. The zero-order valence-electron chi connectivity index (χ0n) is 13.2. The standard InChI is InChI=1S/C18H16ClFN2O2.ClH/c19-15-11-13(4-6-16(15)20)17-7-5-14(24-17)12-21-9-10-23-18-3-1-2-8-22-18;/h1-8,11,21H,9-10,12H2;1H. The molecule has 0 unspecified atom stereocenters. The maximum atomic E-state index is 13.2. The number of ether oxygens (including phenoxy) is 1. The predicted molar refractivity (Wildman–Crippen MR) is 97.8 cm³/mol. The van der Waals surface area contributed by atoms with Gasteiger partial charge in [-0.2, -0.15) is 0 Å². The highest BCUT2D eigenvalue weighted by Gasteiger charge is 2.07. The Bertz CT molecular complexity index is 797. The summed E-state index contributed by atoms with van der Waals surface area (Å²) < 4.78 is 24.4. The summed E-state index contributed by atoms with van der Waals surface area (Å²) >= 11 is 5.79. The van der Waals surface area contributed by atoms with Gasteiger partial charge < -0.3 is 14.5 Å². The number of aromatic nitrogens is 1. The lowest BCUT2D eigenvalue weighted by Crippen LogP contribution is -2.20. The van der Waals surface area contributed by atoms with Crippen molar-refractivity contribution in [2.24, 2.45) is 0 Å². The van der Waals surface area contributed by atoms with Gasteiger partial charge in [-0.3, -0.25) is 0 Å². The van der Waals surface area contributed by atoms with Gasteiger partial charge >= 0.3 is 0 Å². The minimum atomic E-state index is -0.443. The molecule has 132 valence electrons. The monoisotopic (exact) mass is 382 g/mol. The molecule has 0 aliphatic heterocycles. The van der Waals surface area contributed by atoms with E-state index in [2.05, 4.69) is 10.3 Å². The van der Waals surface area contributed by atoms with E-state index < -0.39 is 5.82 Å². The highest BCUT2D eigenvalue weighted by Crippen LogP contribution is 2.26. The van der Waals surface area contributed by atoms with Crippen molar-refractivity contribution in [3.8, 4) is 17.2 Å². The molecule has 0 saturated carbocycles. The fraction of sp³-hybridized carbons (Fsp3) is 0.167. The number of pyridine rings is 1. The molecule has 7 heteroatoms. The van der Waals surface area contributed by atoms with E-state index in [1.807, 2.05) is 30.3 Å². The lowest BCUT2D eigenvalue weighted by Gasteiger charge is -2.05. The first-order valence-corrected chi connectivity index (χ1v) is 7.89. The molecule has 0 atom stereocenters. The summed E-state index contributed by atoms with van der Waals surface area (Å²) in [6, 6.07) is 13.8. The van der Waals surface area contributed by atoms with E-state index in [9.17, 15) is 4.39 Å². The predicted octanol–water partition coefficient (Wildman–Crippen LogP) is 4.72. The van der Waals surface area contributed by atoms with Crippen LogP contribution in [0.2, 0.25) is 5.02 Å². The zero-order valence-corrected chi connectivity index (χ0v) is 14.8. The minimum Gasteiger partial charge on any atom is -0.476 e. The van der Waals surface area contributed by atoms with Gasteiger partial charge in [-0.25, -0.2) is 9.37 Å². The number of benzene rings is 1. The van der Waals surface area contributed by atoms with Gasteiger partial charge in [-0.05, 0) is 36.4 Å². The van der Waals surface area contributed by atoms with Crippen LogP contribution in [0.5, 0.6) is 5.88 Å². The van der Waals surface area contributed by atoms with Crippen LogP contribution in [0, 0.1) is 5.82 Å². The van der Waals surface area contributed by atoms with Crippen molar-refractivity contribution < 1.29 is 13.5 Å². The second kappa shape index (κ2) is 9.42. The van der Waals surface area contributed by atoms with Crippen molar-refractivity contribution in [3.63, 3.8) is 0 Å². The Balaban J connectivity index is 0.00000225. The van der Waals surface area contributed by atoms with Crippen molar-refractivity contribution in [2.45, 2.75) is 6.54 Å². The normalized spacial score (nSPS) is 10.3. The first kappa shape index (κ1) is 19.2. The molecule has 0 amide bonds. The topological polar surface area (TPSA) is 47.3 Å². The molecule has 1 aromatic carbocycles. The van der Waals surface area contributed by atoms with Crippen LogP contribution >= 0.6 is 24.0 Å². The summed E-state index contributed by atoms with van der Waals surface area (Å²) in [6.07, 6.45) is 1.69. The summed E-state index contributed by atoms with van der Waals surface area (Å²) in [5.74, 6) is 1.59. The number of hydrogen-bond acceptors (Lipinski definition) is 4. The van der Waals surface area contributed by atoms with Gasteiger partial charge in [-0.1, -0.05) is 17.7 Å². The molecule has 4 nitrogen and oxygen atoms in total. The Morgan fingerprint density at radius 2 is 2.04 bits per heavy atom. The van der Waals surface area contributed by atoms with E-state index in [1.54, 1.807) is 18.3 Å². The van der Waals surface area contributed by atoms with Gasteiger partial charge in [0.2, 0.25) is 5.88 Å². The van der Waals surface area contributed by atoms with Crippen LogP contribution in [0.1, 0.15) is 5.76 Å². The molecule has 0 radical (unpaired) electrons. The first-order valence-electron chi connectivity index (χ1n) is 7.51. The Morgan fingerprint density at radius 1 is 1.16 bits per heavy atom. The van der Waals surface area contributed by atoms with Gasteiger partial charge in [-0.15, -0.1) is 12.4 Å². The SMILES string of the molecule is Cl.Fc1ccc(-c2ccc(CNCCOc3ccccn3)o2)cc1Cl. The van der Waals surface area contributed by atoms with Crippen LogP contribution in [-0.2, 0) is 6.54 Å². The number of halogens is 3. The number of furan rings is 1. The molecule has 0 saturated heterocycles. The molecule has 1 N–H and O–H groups in total. The van der Waals surface area contributed by atoms with Gasteiger partial charge in [0.1, 0.15) is 23.9 Å². The Hall–Kier alpha value is -2.08. The number of rotatable bonds is 7. The first-order chi connectivity index (χ1) is 11.7. The zero-order chi connectivity index (χ0) is 16.8. The molecule has 0 bridgehead atoms. The number of nitrogens with zero attached hydrogens (tertiary/aromatic N) is 1. The summed E-state index contributed by atoms with van der Waals surface area (Å²) in [6.45, 7) is 1.74. The van der Waals surface area contributed by atoms with Gasteiger partial charge in [0.15, 0.2) is 0 Å². The highest BCUT2D eigenvalue weighted by atomic mass is 35.5. The Labute approximate surface area is 156 Å². The van der Waals surface area contributed by atoms with E-state index in [-0.39, 0.29) is 17.4 Å². The van der Waals surface area contributed by atoms with Crippen LogP contribution in [0.3, 0.4) is 0 Å². The summed E-state index contributed by atoms with van der Waals surface area (Å²) in [7, 11) is 0. The molecular formula is C18H17Cl2FN2O2. The molecule has 2 aromatic heterocycles. The largest absolute Gasteiger partial charge is 0.476 e. The Morgan fingerprint density at radius 3 is 2.80 bits per heavy atom. The van der Waals surface area contributed by atoms with Gasteiger partial charge in [0, 0.05) is 24.4 Å². The fourth-order valence-electron chi connectivity index (χ4n) is 2.15. The van der Waals surface area contributed by atoms with Crippen molar-refractivity contribution >= 4 is 24.0 Å². The maximum absolute atomic E-state index is 13.2. The lowest BCUT2D eigenvalue weighted by molar-refractivity contribution is 0.300. The fourth-order valence-corrected chi connectivity index (χ4v) is 2.33. The molecule has 0 fully saturated rings. The van der Waals surface area contributed by atoms with Crippen LogP contribution in [0.25, 0.3) is 11.3 Å². The van der Waals surface area contributed by atoms with Gasteiger partial charge in [0.05, 0.1) is 11.6 Å². The average Bonchev–Trinajstić information content (AvgIpc) is 3.07. The summed E-state index contributed by atoms with van der Waals surface area (Å²) in [5, 5.41) is 3.30. The van der Waals surface area contributed by atoms with Crippen LogP contribution in [-0.4, -0.2) is 18.1 Å². The third kappa shape index (κ3) is 5.46. The van der Waals surface area contributed by atoms with E-state index in [0.29, 0.717) is 31.3 Å². The van der Waals surface area contributed by atoms with Crippen molar-refractivity contribution in [2.75, 3.05) is 13.2 Å². The third-order valence-corrected chi connectivity index (χ3v) is 3.62. The van der Waals surface area contributed by atoms with Crippen LogP contribution in [0.4, 0.5) is 4.39 Å². The molecule has 3 aromatic rings.